The zero-order valence-electron chi connectivity index (χ0n) is 12.6. The van der Waals surface area contributed by atoms with Gasteiger partial charge in [0.25, 0.3) is 0 Å². The molecule has 0 amide bonds. The lowest BCUT2D eigenvalue weighted by molar-refractivity contribution is 0.415. The smallest absolute Gasteiger partial charge is 0.153 e. The summed E-state index contributed by atoms with van der Waals surface area (Å²) < 4.78 is 5.21. The molecule has 1 fully saturated rings. The van der Waals surface area contributed by atoms with E-state index in [2.05, 4.69) is 39.5 Å². The van der Waals surface area contributed by atoms with E-state index < -0.39 is 0 Å². The highest BCUT2D eigenvalue weighted by Crippen LogP contribution is 2.29. The molecule has 3 rings (SSSR count). The number of aromatic amines is 1. The van der Waals surface area contributed by atoms with Crippen molar-refractivity contribution in [3.05, 3.63) is 29.8 Å². The summed E-state index contributed by atoms with van der Waals surface area (Å²) in [4.78, 5) is 2.36. The minimum Gasteiger partial charge on any atom is -0.497 e. The molecule has 2 heterocycles. The molecule has 0 radical (unpaired) electrons. The number of nitrogens with zero attached hydrogens (tertiary/aromatic N) is 2. The number of hydrogen-bond donors (Lipinski definition) is 2. The van der Waals surface area contributed by atoms with Crippen molar-refractivity contribution in [3.8, 4) is 17.0 Å². The first kappa shape index (κ1) is 13.9. The monoisotopic (exact) mass is 286 g/mol. The standard InChI is InChI=1S/C16H22N4O/c1-12-15(13-4-6-14(21-2)7-5-13)18-19-16(12)20-10-3-8-17-9-11-20/h4-7,17H,3,8-11H2,1-2H3,(H,18,19). The molecule has 0 aliphatic carbocycles. The normalized spacial score (nSPS) is 15.8. The van der Waals surface area contributed by atoms with Crippen LogP contribution < -0.4 is 15.0 Å². The van der Waals surface area contributed by atoms with Gasteiger partial charge >= 0.3 is 0 Å². The highest BCUT2D eigenvalue weighted by Gasteiger charge is 2.17. The van der Waals surface area contributed by atoms with Crippen LogP contribution in [-0.2, 0) is 0 Å². The fourth-order valence-electron chi connectivity index (χ4n) is 2.79. The van der Waals surface area contributed by atoms with Crippen LogP contribution in [-0.4, -0.2) is 43.5 Å². The van der Waals surface area contributed by atoms with Gasteiger partial charge in [0, 0.05) is 30.8 Å². The summed E-state index contributed by atoms with van der Waals surface area (Å²) >= 11 is 0. The highest BCUT2D eigenvalue weighted by atomic mass is 16.5. The second-order valence-electron chi connectivity index (χ2n) is 5.37. The summed E-state index contributed by atoms with van der Waals surface area (Å²) in [6.45, 7) is 6.31. The lowest BCUT2D eigenvalue weighted by atomic mass is 10.1. The van der Waals surface area contributed by atoms with E-state index in [4.69, 9.17) is 4.74 Å². The van der Waals surface area contributed by atoms with Gasteiger partial charge in [-0.2, -0.15) is 5.10 Å². The second-order valence-corrected chi connectivity index (χ2v) is 5.37. The van der Waals surface area contributed by atoms with Crippen LogP contribution >= 0.6 is 0 Å². The van der Waals surface area contributed by atoms with Gasteiger partial charge in [0.2, 0.25) is 0 Å². The Morgan fingerprint density at radius 1 is 1.14 bits per heavy atom. The number of rotatable bonds is 3. The van der Waals surface area contributed by atoms with E-state index in [1.165, 1.54) is 5.56 Å². The number of nitrogens with one attached hydrogen (secondary N) is 2. The molecule has 2 aromatic rings. The van der Waals surface area contributed by atoms with Crippen LogP contribution in [0.5, 0.6) is 5.75 Å². The second kappa shape index (κ2) is 6.18. The van der Waals surface area contributed by atoms with Gasteiger partial charge in [-0.05, 0) is 44.2 Å². The molecule has 1 aliphatic heterocycles. The van der Waals surface area contributed by atoms with Gasteiger partial charge in [-0.25, -0.2) is 0 Å². The van der Waals surface area contributed by atoms with Crippen molar-refractivity contribution >= 4 is 5.82 Å². The van der Waals surface area contributed by atoms with Gasteiger partial charge in [-0.15, -0.1) is 0 Å². The Labute approximate surface area is 125 Å². The molecule has 21 heavy (non-hydrogen) atoms. The summed E-state index contributed by atoms with van der Waals surface area (Å²) in [5.74, 6) is 1.94. The lowest BCUT2D eigenvalue weighted by Gasteiger charge is -2.20. The molecule has 1 aromatic carbocycles. The summed E-state index contributed by atoms with van der Waals surface area (Å²) in [5, 5.41) is 11.2. The highest BCUT2D eigenvalue weighted by molar-refractivity contribution is 5.69. The molecular weight excluding hydrogens is 264 g/mol. The predicted molar refractivity (Wildman–Crippen MR) is 85.0 cm³/mol. The lowest BCUT2D eigenvalue weighted by Crippen LogP contribution is -2.28. The van der Waals surface area contributed by atoms with E-state index in [1.807, 2.05) is 12.1 Å². The number of ether oxygens (including phenoxy) is 1. The van der Waals surface area contributed by atoms with E-state index in [9.17, 15) is 0 Å². The molecular formula is C16H22N4O. The zero-order valence-corrected chi connectivity index (χ0v) is 12.6. The molecule has 2 N–H and O–H groups in total. The Morgan fingerprint density at radius 3 is 2.71 bits per heavy atom. The van der Waals surface area contributed by atoms with Crippen molar-refractivity contribution in [3.63, 3.8) is 0 Å². The van der Waals surface area contributed by atoms with Crippen LogP contribution in [0.1, 0.15) is 12.0 Å². The number of aromatic nitrogens is 2. The van der Waals surface area contributed by atoms with Crippen LogP contribution in [0.15, 0.2) is 24.3 Å². The Hall–Kier alpha value is -2.01. The van der Waals surface area contributed by atoms with Gasteiger partial charge in [-0.3, -0.25) is 5.10 Å². The first-order chi connectivity index (χ1) is 10.3. The summed E-state index contributed by atoms with van der Waals surface area (Å²) in [6.07, 6.45) is 1.16. The van der Waals surface area contributed by atoms with E-state index in [0.717, 1.165) is 55.4 Å². The molecule has 5 heteroatoms. The Bertz CT molecular complexity index is 583. The summed E-state index contributed by atoms with van der Waals surface area (Å²) in [5.41, 5.74) is 3.44. The number of anilines is 1. The van der Waals surface area contributed by atoms with Crippen LogP contribution in [0.25, 0.3) is 11.3 Å². The van der Waals surface area contributed by atoms with Gasteiger partial charge in [0.05, 0.1) is 12.8 Å². The third-order valence-corrected chi connectivity index (χ3v) is 4.00. The molecule has 0 atom stereocenters. The average Bonchev–Trinajstić information content (AvgIpc) is 2.74. The largest absolute Gasteiger partial charge is 0.497 e. The van der Waals surface area contributed by atoms with Crippen LogP contribution in [0.2, 0.25) is 0 Å². The van der Waals surface area contributed by atoms with Crippen LogP contribution in [0, 0.1) is 6.92 Å². The molecule has 1 saturated heterocycles. The van der Waals surface area contributed by atoms with E-state index in [1.54, 1.807) is 7.11 Å². The van der Waals surface area contributed by atoms with Crippen molar-refractivity contribution in [1.29, 1.82) is 0 Å². The molecule has 1 aliphatic rings. The molecule has 1 aromatic heterocycles. The Kier molecular flexibility index (Phi) is 4.10. The summed E-state index contributed by atoms with van der Waals surface area (Å²) in [6, 6.07) is 8.08. The third-order valence-electron chi connectivity index (χ3n) is 4.00. The average molecular weight is 286 g/mol. The number of hydrogen-bond acceptors (Lipinski definition) is 4. The predicted octanol–water partition coefficient (Wildman–Crippen LogP) is 2.19. The van der Waals surface area contributed by atoms with Gasteiger partial charge in [0.1, 0.15) is 5.75 Å². The Balaban J connectivity index is 1.87. The number of methoxy groups -OCH3 is 1. The van der Waals surface area contributed by atoms with Crippen molar-refractivity contribution in [1.82, 2.24) is 15.5 Å². The van der Waals surface area contributed by atoms with Gasteiger partial charge in [-0.1, -0.05) is 0 Å². The molecule has 0 bridgehead atoms. The third kappa shape index (κ3) is 2.88. The van der Waals surface area contributed by atoms with Crippen molar-refractivity contribution in [2.75, 3.05) is 38.2 Å². The van der Waals surface area contributed by atoms with E-state index in [0.29, 0.717) is 0 Å². The zero-order chi connectivity index (χ0) is 14.7. The SMILES string of the molecule is COc1ccc(-c2[nH]nc(N3CCCNCC3)c2C)cc1. The first-order valence-corrected chi connectivity index (χ1v) is 7.44. The molecule has 112 valence electrons. The topological polar surface area (TPSA) is 53.2 Å². The quantitative estimate of drug-likeness (QED) is 0.908. The van der Waals surface area contributed by atoms with Gasteiger partial charge < -0.3 is 15.0 Å². The molecule has 0 spiro atoms. The maximum absolute atomic E-state index is 5.21. The maximum Gasteiger partial charge on any atom is 0.153 e. The minimum absolute atomic E-state index is 0.870. The van der Waals surface area contributed by atoms with Crippen molar-refractivity contribution in [2.24, 2.45) is 0 Å². The van der Waals surface area contributed by atoms with Crippen LogP contribution in [0.4, 0.5) is 5.82 Å². The first-order valence-electron chi connectivity index (χ1n) is 7.44. The summed E-state index contributed by atoms with van der Waals surface area (Å²) in [7, 11) is 1.68. The van der Waals surface area contributed by atoms with Crippen LogP contribution in [0.3, 0.4) is 0 Å². The maximum atomic E-state index is 5.21. The minimum atomic E-state index is 0.870. The van der Waals surface area contributed by atoms with E-state index >= 15 is 0 Å². The molecule has 5 nitrogen and oxygen atoms in total. The number of H-pyrrole nitrogens is 1. The Morgan fingerprint density at radius 2 is 1.95 bits per heavy atom. The van der Waals surface area contributed by atoms with Gasteiger partial charge in [0.15, 0.2) is 5.82 Å². The van der Waals surface area contributed by atoms with Crippen molar-refractivity contribution in [2.45, 2.75) is 13.3 Å². The van der Waals surface area contributed by atoms with E-state index in [-0.39, 0.29) is 0 Å². The molecule has 0 saturated carbocycles. The number of benzene rings is 1. The fourth-order valence-corrected chi connectivity index (χ4v) is 2.79. The van der Waals surface area contributed by atoms with Crippen molar-refractivity contribution < 1.29 is 4.74 Å². The molecule has 0 unspecified atom stereocenters. The fraction of sp³-hybridized carbons (Fsp3) is 0.438.